The van der Waals surface area contributed by atoms with Crippen LogP contribution in [0.5, 0.6) is 0 Å². The van der Waals surface area contributed by atoms with Crippen LogP contribution in [0.25, 0.3) is 0 Å². The van der Waals surface area contributed by atoms with Crippen molar-refractivity contribution >= 4 is 5.97 Å². The van der Waals surface area contributed by atoms with Crippen molar-refractivity contribution in [2.45, 2.75) is 26.7 Å². The van der Waals surface area contributed by atoms with Gasteiger partial charge in [-0.2, -0.15) is 0 Å². The Balaban J connectivity index is 2.10. The van der Waals surface area contributed by atoms with Gasteiger partial charge in [-0.15, -0.1) is 0 Å². The van der Waals surface area contributed by atoms with Crippen LogP contribution in [-0.2, 0) is 4.79 Å². The van der Waals surface area contributed by atoms with Crippen molar-refractivity contribution in [1.82, 2.24) is 0 Å². The fraction of sp³-hybridized carbons (Fsp3) is 0.700. The molecule has 0 spiro atoms. The Labute approximate surface area is 72.3 Å². The molecule has 2 aliphatic carbocycles. The number of carboxylic acid groups (broad SMARTS) is 1. The van der Waals surface area contributed by atoms with Gasteiger partial charge in [-0.1, -0.05) is 25.5 Å². The summed E-state index contributed by atoms with van der Waals surface area (Å²) in [5.41, 5.74) is 1.46. The summed E-state index contributed by atoms with van der Waals surface area (Å²) in [6.45, 7) is 4.08. The Morgan fingerprint density at radius 3 is 2.50 bits per heavy atom. The molecule has 0 aromatic carbocycles. The molecule has 2 aliphatic rings. The summed E-state index contributed by atoms with van der Waals surface area (Å²) in [4.78, 5) is 10.8. The first-order valence-corrected chi connectivity index (χ1v) is 4.46. The lowest BCUT2D eigenvalue weighted by Gasteiger charge is -1.95. The quantitative estimate of drug-likeness (QED) is 0.637. The molecule has 2 atom stereocenters. The van der Waals surface area contributed by atoms with E-state index in [1.165, 1.54) is 18.4 Å². The summed E-state index contributed by atoms with van der Waals surface area (Å²) in [6, 6.07) is 0. The first-order valence-electron chi connectivity index (χ1n) is 4.46. The van der Waals surface area contributed by atoms with Crippen molar-refractivity contribution in [2.75, 3.05) is 0 Å². The van der Waals surface area contributed by atoms with Crippen molar-refractivity contribution < 1.29 is 9.90 Å². The van der Waals surface area contributed by atoms with E-state index < -0.39 is 5.97 Å². The lowest BCUT2D eigenvalue weighted by atomic mass is 10.1. The van der Waals surface area contributed by atoms with Gasteiger partial charge in [0.15, 0.2) is 0 Å². The average molecular weight is 166 g/mol. The molecule has 2 saturated carbocycles. The molecule has 0 aromatic rings. The molecule has 12 heavy (non-hydrogen) atoms. The normalized spacial score (nSPS) is 36.0. The highest BCUT2D eigenvalue weighted by Gasteiger charge is 2.61. The van der Waals surface area contributed by atoms with E-state index in [2.05, 4.69) is 6.08 Å². The minimum Gasteiger partial charge on any atom is -0.481 e. The van der Waals surface area contributed by atoms with Crippen molar-refractivity contribution in [3.05, 3.63) is 11.6 Å². The highest BCUT2D eigenvalue weighted by Crippen LogP contribution is 2.60. The van der Waals surface area contributed by atoms with E-state index in [1.807, 2.05) is 13.8 Å². The molecule has 2 rings (SSSR count). The van der Waals surface area contributed by atoms with Crippen LogP contribution in [0.4, 0.5) is 0 Å². The Morgan fingerprint density at radius 2 is 2.17 bits per heavy atom. The van der Waals surface area contributed by atoms with E-state index in [9.17, 15) is 4.79 Å². The van der Waals surface area contributed by atoms with Crippen LogP contribution in [-0.4, -0.2) is 11.1 Å². The van der Waals surface area contributed by atoms with Gasteiger partial charge < -0.3 is 5.11 Å². The number of carbonyl (C=O) groups is 1. The van der Waals surface area contributed by atoms with Gasteiger partial charge >= 0.3 is 5.97 Å². The van der Waals surface area contributed by atoms with E-state index in [-0.39, 0.29) is 11.3 Å². The fourth-order valence-electron chi connectivity index (χ4n) is 1.95. The number of hydrogen-bond acceptors (Lipinski definition) is 1. The molecule has 0 aromatic heterocycles. The maximum Gasteiger partial charge on any atom is 0.307 e. The van der Waals surface area contributed by atoms with Crippen LogP contribution < -0.4 is 0 Å². The topological polar surface area (TPSA) is 37.3 Å². The number of hydrogen-bond donors (Lipinski definition) is 1. The van der Waals surface area contributed by atoms with E-state index in [0.717, 1.165) is 0 Å². The SMILES string of the molecule is CC1(C)[C@H](C=C2CC2)[C@H]1C(=O)O. The van der Waals surface area contributed by atoms with Crippen molar-refractivity contribution in [3.8, 4) is 0 Å². The summed E-state index contributed by atoms with van der Waals surface area (Å²) in [5.74, 6) is -0.472. The van der Waals surface area contributed by atoms with Crippen LogP contribution in [0.3, 0.4) is 0 Å². The first-order chi connectivity index (χ1) is 5.53. The first kappa shape index (κ1) is 7.84. The summed E-state index contributed by atoms with van der Waals surface area (Å²) < 4.78 is 0. The lowest BCUT2D eigenvalue weighted by Crippen LogP contribution is -2.02. The van der Waals surface area contributed by atoms with Gasteiger partial charge in [-0.3, -0.25) is 4.79 Å². The van der Waals surface area contributed by atoms with Gasteiger partial charge in [0.25, 0.3) is 0 Å². The fourth-order valence-corrected chi connectivity index (χ4v) is 1.95. The predicted molar refractivity (Wildman–Crippen MR) is 45.7 cm³/mol. The molecule has 0 bridgehead atoms. The van der Waals surface area contributed by atoms with E-state index in [1.54, 1.807) is 0 Å². The Morgan fingerprint density at radius 1 is 1.58 bits per heavy atom. The second-order valence-electron chi connectivity index (χ2n) is 4.49. The highest BCUT2D eigenvalue weighted by atomic mass is 16.4. The summed E-state index contributed by atoms with van der Waals surface area (Å²) in [7, 11) is 0. The molecule has 0 heterocycles. The molecule has 2 fully saturated rings. The predicted octanol–water partition coefficient (Wildman–Crippen LogP) is 2.06. The summed E-state index contributed by atoms with van der Waals surface area (Å²) in [6.07, 6.45) is 4.57. The zero-order chi connectivity index (χ0) is 8.93. The van der Waals surface area contributed by atoms with Gasteiger partial charge in [-0.25, -0.2) is 0 Å². The van der Waals surface area contributed by atoms with Crippen LogP contribution in [0.1, 0.15) is 26.7 Å². The third-order valence-corrected chi connectivity index (χ3v) is 3.13. The minimum atomic E-state index is -0.637. The second kappa shape index (κ2) is 2.12. The molecule has 0 aliphatic heterocycles. The second-order valence-corrected chi connectivity index (χ2v) is 4.49. The van der Waals surface area contributed by atoms with Crippen LogP contribution in [0.2, 0.25) is 0 Å². The van der Waals surface area contributed by atoms with Gasteiger partial charge in [0, 0.05) is 0 Å². The molecule has 2 nitrogen and oxygen atoms in total. The van der Waals surface area contributed by atoms with Gasteiger partial charge in [0.2, 0.25) is 0 Å². The molecule has 0 radical (unpaired) electrons. The molecular weight excluding hydrogens is 152 g/mol. The van der Waals surface area contributed by atoms with Crippen molar-refractivity contribution in [2.24, 2.45) is 17.3 Å². The Hall–Kier alpha value is -0.790. The highest BCUT2D eigenvalue weighted by molar-refractivity contribution is 5.76. The molecule has 0 unspecified atom stereocenters. The summed E-state index contributed by atoms with van der Waals surface area (Å²) in [5, 5.41) is 8.86. The van der Waals surface area contributed by atoms with Crippen molar-refractivity contribution in [1.29, 1.82) is 0 Å². The van der Waals surface area contributed by atoms with Gasteiger partial charge in [0.05, 0.1) is 5.92 Å². The largest absolute Gasteiger partial charge is 0.481 e. The minimum absolute atomic E-state index is 0.00141. The average Bonchev–Trinajstić information content (AvgIpc) is 2.75. The Bertz CT molecular complexity index is 257. The lowest BCUT2D eigenvalue weighted by molar-refractivity contribution is -0.139. The van der Waals surface area contributed by atoms with Gasteiger partial charge in [0.1, 0.15) is 0 Å². The van der Waals surface area contributed by atoms with Gasteiger partial charge in [-0.05, 0) is 24.2 Å². The molecule has 0 saturated heterocycles. The summed E-state index contributed by atoms with van der Waals surface area (Å²) >= 11 is 0. The molecule has 66 valence electrons. The zero-order valence-electron chi connectivity index (χ0n) is 7.50. The molecule has 2 heteroatoms. The van der Waals surface area contributed by atoms with Crippen LogP contribution in [0.15, 0.2) is 11.6 Å². The smallest absolute Gasteiger partial charge is 0.307 e. The molecule has 1 N–H and O–H groups in total. The number of rotatable bonds is 2. The maximum atomic E-state index is 10.8. The number of allylic oxidation sites excluding steroid dienone is 2. The van der Waals surface area contributed by atoms with Crippen molar-refractivity contribution in [3.63, 3.8) is 0 Å². The number of carboxylic acids is 1. The standard InChI is InChI=1S/C10H14O2/c1-10(2)7(5-6-3-4-6)8(10)9(11)12/h5,7-8H,3-4H2,1-2H3,(H,11,12)/t7-,8+/m1/s1. The van der Waals surface area contributed by atoms with Crippen LogP contribution in [0, 0.1) is 17.3 Å². The zero-order valence-corrected chi connectivity index (χ0v) is 7.50. The Kier molecular flexibility index (Phi) is 1.39. The van der Waals surface area contributed by atoms with Crippen LogP contribution >= 0.6 is 0 Å². The maximum absolute atomic E-state index is 10.8. The molecular formula is C10H14O2. The monoisotopic (exact) mass is 166 g/mol. The molecule has 0 amide bonds. The van der Waals surface area contributed by atoms with E-state index in [0.29, 0.717) is 5.92 Å². The third-order valence-electron chi connectivity index (χ3n) is 3.13. The van der Waals surface area contributed by atoms with E-state index >= 15 is 0 Å². The van der Waals surface area contributed by atoms with E-state index in [4.69, 9.17) is 5.11 Å². The third kappa shape index (κ3) is 1.06. The number of aliphatic carboxylic acids is 1.